The topological polar surface area (TPSA) is 20.3 Å². The van der Waals surface area contributed by atoms with Crippen molar-refractivity contribution < 1.29 is 4.79 Å². The molecule has 3 fully saturated rings. The highest BCUT2D eigenvalue weighted by atomic mass is 16.2. The van der Waals surface area contributed by atoms with E-state index in [1.165, 1.54) is 83.5 Å². The average molecular weight is 334 g/mol. The van der Waals surface area contributed by atoms with Crippen LogP contribution in [0.5, 0.6) is 0 Å². The Labute approximate surface area is 149 Å². The first-order chi connectivity index (χ1) is 11.7. The van der Waals surface area contributed by atoms with E-state index >= 15 is 0 Å². The highest BCUT2D eigenvalue weighted by molar-refractivity contribution is 5.79. The summed E-state index contributed by atoms with van der Waals surface area (Å²) in [4.78, 5) is 15.1. The summed E-state index contributed by atoms with van der Waals surface area (Å²) in [6.45, 7) is 4.31. The normalized spacial score (nSPS) is 32.5. The van der Waals surface area contributed by atoms with Gasteiger partial charge in [-0.15, -0.1) is 0 Å². The molecular formula is C22H39NO. The van der Waals surface area contributed by atoms with Crippen molar-refractivity contribution in [3.63, 3.8) is 0 Å². The molecule has 1 amide bonds. The van der Waals surface area contributed by atoms with E-state index < -0.39 is 0 Å². The Bertz CT molecular complexity index is 397. The zero-order valence-electron chi connectivity index (χ0n) is 16.0. The summed E-state index contributed by atoms with van der Waals surface area (Å²) in [5, 5.41) is 0. The van der Waals surface area contributed by atoms with Gasteiger partial charge in [0.15, 0.2) is 0 Å². The van der Waals surface area contributed by atoms with Crippen LogP contribution in [0.25, 0.3) is 0 Å². The molecule has 2 nitrogen and oxygen atoms in total. The van der Waals surface area contributed by atoms with E-state index in [1.54, 1.807) is 0 Å². The van der Waals surface area contributed by atoms with Gasteiger partial charge in [0.1, 0.15) is 0 Å². The van der Waals surface area contributed by atoms with E-state index in [0.29, 0.717) is 23.2 Å². The number of carbonyl (C=O) groups is 1. The highest BCUT2D eigenvalue weighted by Gasteiger charge is 2.33. The lowest BCUT2D eigenvalue weighted by Gasteiger charge is -2.36. The van der Waals surface area contributed by atoms with Crippen molar-refractivity contribution in [2.45, 2.75) is 103 Å². The zero-order chi connectivity index (χ0) is 16.8. The first-order valence-electron chi connectivity index (χ1n) is 11.0. The largest absolute Gasteiger partial charge is 0.342 e. The summed E-state index contributed by atoms with van der Waals surface area (Å²) in [6, 6.07) is 0. The number of hydrogen-bond acceptors (Lipinski definition) is 1. The molecule has 0 N–H and O–H groups in total. The van der Waals surface area contributed by atoms with Gasteiger partial charge in [-0.1, -0.05) is 58.3 Å². The van der Waals surface area contributed by atoms with Crippen LogP contribution < -0.4 is 0 Å². The van der Waals surface area contributed by atoms with Gasteiger partial charge < -0.3 is 4.90 Å². The van der Waals surface area contributed by atoms with Crippen molar-refractivity contribution in [3.8, 4) is 0 Å². The maximum absolute atomic E-state index is 12.9. The molecule has 0 radical (unpaired) electrons. The van der Waals surface area contributed by atoms with Gasteiger partial charge in [0, 0.05) is 19.0 Å². The minimum atomic E-state index is 0.332. The number of nitrogens with zero attached hydrogens (tertiary/aromatic N) is 1. The molecular weight excluding hydrogens is 294 g/mol. The monoisotopic (exact) mass is 333 g/mol. The molecule has 2 aliphatic carbocycles. The summed E-state index contributed by atoms with van der Waals surface area (Å²) < 4.78 is 0. The molecule has 138 valence electrons. The van der Waals surface area contributed by atoms with Gasteiger partial charge in [0.2, 0.25) is 5.91 Å². The molecule has 1 saturated heterocycles. The van der Waals surface area contributed by atoms with E-state index in [2.05, 4.69) is 11.8 Å². The highest BCUT2D eigenvalue weighted by Crippen LogP contribution is 2.44. The fourth-order valence-corrected chi connectivity index (χ4v) is 5.68. The van der Waals surface area contributed by atoms with Gasteiger partial charge in [-0.2, -0.15) is 0 Å². The van der Waals surface area contributed by atoms with Crippen molar-refractivity contribution in [2.75, 3.05) is 13.1 Å². The summed E-state index contributed by atoms with van der Waals surface area (Å²) in [5.74, 6) is 1.54. The summed E-state index contributed by atoms with van der Waals surface area (Å²) >= 11 is 0. The van der Waals surface area contributed by atoms with Crippen LogP contribution >= 0.6 is 0 Å². The Balaban J connectivity index is 1.56. The molecule has 2 unspecified atom stereocenters. The molecule has 24 heavy (non-hydrogen) atoms. The van der Waals surface area contributed by atoms with Crippen molar-refractivity contribution in [2.24, 2.45) is 17.3 Å². The van der Waals surface area contributed by atoms with Gasteiger partial charge in [-0.3, -0.25) is 4.79 Å². The molecule has 3 aliphatic rings. The number of rotatable bonds is 1. The lowest BCUT2D eigenvalue weighted by Crippen LogP contribution is -2.34. The second-order valence-corrected chi connectivity index (χ2v) is 9.28. The Kier molecular flexibility index (Phi) is 6.63. The summed E-state index contributed by atoms with van der Waals surface area (Å²) in [6.07, 6.45) is 20.5. The fourth-order valence-electron chi connectivity index (χ4n) is 5.68. The van der Waals surface area contributed by atoms with Crippen molar-refractivity contribution in [3.05, 3.63) is 0 Å². The molecule has 2 atom stereocenters. The van der Waals surface area contributed by atoms with Gasteiger partial charge in [-0.05, 0) is 56.3 Å². The first kappa shape index (κ1) is 18.3. The van der Waals surface area contributed by atoms with Crippen LogP contribution in [-0.4, -0.2) is 23.9 Å². The standard InChI is InChI=1S/C22H39NO/c1-19-12-17-23(18-19)21(24)20-10-5-8-15-22(16-9-11-20)13-6-3-2-4-7-14-22/h19-20H,2-18H2,1H3. The second kappa shape index (κ2) is 8.72. The fraction of sp³-hybridized carbons (Fsp3) is 0.955. The average Bonchev–Trinajstić information content (AvgIpc) is 3.01. The van der Waals surface area contributed by atoms with E-state index in [1.807, 2.05) is 0 Å². The van der Waals surface area contributed by atoms with E-state index in [4.69, 9.17) is 0 Å². The van der Waals surface area contributed by atoms with Gasteiger partial charge in [0.25, 0.3) is 0 Å². The maximum atomic E-state index is 12.9. The van der Waals surface area contributed by atoms with Gasteiger partial charge in [-0.25, -0.2) is 0 Å². The Morgan fingerprint density at radius 2 is 1.38 bits per heavy atom. The number of likely N-dealkylation sites (tertiary alicyclic amines) is 1. The van der Waals surface area contributed by atoms with Crippen LogP contribution in [0, 0.1) is 17.3 Å². The molecule has 1 spiro atoms. The second-order valence-electron chi connectivity index (χ2n) is 9.28. The molecule has 0 bridgehead atoms. The molecule has 1 aliphatic heterocycles. The third-order valence-corrected chi connectivity index (χ3v) is 7.27. The van der Waals surface area contributed by atoms with Crippen LogP contribution in [0.1, 0.15) is 103 Å². The van der Waals surface area contributed by atoms with Crippen LogP contribution in [-0.2, 0) is 4.79 Å². The van der Waals surface area contributed by atoms with Gasteiger partial charge >= 0.3 is 0 Å². The van der Waals surface area contributed by atoms with Crippen molar-refractivity contribution >= 4 is 5.91 Å². The molecule has 0 aromatic rings. The van der Waals surface area contributed by atoms with Crippen molar-refractivity contribution in [1.82, 2.24) is 4.90 Å². The Morgan fingerprint density at radius 1 is 0.792 bits per heavy atom. The molecule has 3 rings (SSSR count). The first-order valence-corrected chi connectivity index (χ1v) is 11.0. The predicted octanol–water partition coefficient (Wildman–Crippen LogP) is 5.95. The van der Waals surface area contributed by atoms with Crippen LogP contribution in [0.15, 0.2) is 0 Å². The van der Waals surface area contributed by atoms with E-state index in [0.717, 1.165) is 25.9 Å². The van der Waals surface area contributed by atoms with E-state index in [-0.39, 0.29) is 0 Å². The maximum Gasteiger partial charge on any atom is 0.225 e. The number of amides is 1. The van der Waals surface area contributed by atoms with Crippen molar-refractivity contribution in [1.29, 1.82) is 0 Å². The molecule has 1 heterocycles. The zero-order valence-corrected chi connectivity index (χ0v) is 16.0. The van der Waals surface area contributed by atoms with E-state index in [9.17, 15) is 4.79 Å². The molecule has 0 aromatic heterocycles. The summed E-state index contributed by atoms with van der Waals surface area (Å²) in [7, 11) is 0. The lowest BCUT2D eigenvalue weighted by atomic mass is 9.70. The smallest absolute Gasteiger partial charge is 0.225 e. The van der Waals surface area contributed by atoms with Crippen LogP contribution in [0.3, 0.4) is 0 Å². The summed E-state index contributed by atoms with van der Waals surface area (Å²) in [5.41, 5.74) is 0.639. The minimum Gasteiger partial charge on any atom is -0.342 e. The SMILES string of the molecule is CC1CCN(C(=O)C2CCCCC3(CCCCCCC3)CCC2)C1. The Morgan fingerprint density at radius 3 is 2.04 bits per heavy atom. The van der Waals surface area contributed by atoms with Crippen LogP contribution in [0.2, 0.25) is 0 Å². The number of carbonyl (C=O) groups excluding carboxylic acids is 1. The third-order valence-electron chi connectivity index (χ3n) is 7.27. The quantitative estimate of drug-likeness (QED) is 0.581. The molecule has 2 saturated carbocycles. The van der Waals surface area contributed by atoms with Gasteiger partial charge in [0.05, 0.1) is 0 Å². The van der Waals surface area contributed by atoms with Crippen LogP contribution in [0.4, 0.5) is 0 Å². The molecule has 0 aromatic carbocycles. The minimum absolute atomic E-state index is 0.332. The Hall–Kier alpha value is -0.530. The predicted molar refractivity (Wildman–Crippen MR) is 101 cm³/mol. The molecule has 2 heteroatoms. The third kappa shape index (κ3) is 4.76. The number of hydrogen-bond donors (Lipinski definition) is 0. The lowest BCUT2D eigenvalue weighted by molar-refractivity contribution is -0.135.